The fourth-order valence-electron chi connectivity index (χ4n) is 14.3. The van der Waals surface area contributed by atoms with Gasteiger partial charge >= 0.3 is 17.8 Å². The van der Waals surface area contributed by atoms with Gasteiger partial charge in [-0.3, -0.25) is 43.7 Å². The van der Waals surface area contributed by atoms with Crippen LogP contribution in [0.25, 0.3) is 44.0 Å². The van der Waals surface area contributed by atoms with Crippen molar-refractivity contribution in [2.75, 3.05) is 77.0 Å². The summed E-state index contributed by atoms with van der Waals surface area (Å²) in [6.45, 7) is 8.03. The summed E-state index contributed by atoms with van der Waals surface area (Å²) in [5.74, 6) is 1.06. The number of hydrogen-bond acceptors (Lipinski definition) is 14. The molecule has 3 aromatic heterocycles. The number of fused-ring (bicyclic) bond motifs is 6. The lowest BCUT2D eigenvalue weighted by atomic mass is 9.95. The van der Waals surface area contributed by atoms with Gasteiger partial charge in [0.1, 0.15) is 42.1 Å². The SMILES string of the molecule is C#Cc1c(F)ccc2cccc(-c3ncc4c(N5CC6CCC(C5)N6)nc(OC[C@@]56CCCN5[C@H](COC(=O)N5CCN(C7CCN(Cc8cccc9c8n(C)c(=O)n9C8CCC(=O)NC8=O)CC7)CC5)CC6)nc4c3F)c12. The quantitative estimate of drug-likeness (QED) is 0.124. The smallest absolute Gasteiger partial charge is 0.409 e. The van der Waals surface area contributed by atoms with Crippen LogP contribution in [-0.4, -0.2) is 163 Å². The van der Waals surface area contributed by atoms with E-state index in [1.165, 1.54) is 10.6 Å². The van der Waals surface area contributed by atoms with E-state index >= 15 is 8.78 Å². The molecule has 406 valence electrons. The predicted molar refractivity (Wildman–Crippen MR) is 289 cm³/mol. The molecule has 18 nitrogen and oxygen atoms in total. The molecule has 3 aromatic carbocycles. The number of piperazine rings is 2. The molecular formula is C58H64F2N12O6. The average Bonchev–Trinajstić information content (AvgIpc) is 4.21. The van der Waals surface area contributed by atoms with E-state index in [1.54, 1.807) is 36.0 Å². The second-order valence-corrected chi connectivity index (χ2v) is 22.6. The van der Waals surface area contributed by atoms with Gasteiger partial charge in [-0.15, -0.1) is 6.42 Å². The number of piperidine rings is 2. The van der Waals surface area contributed by atoms with Crippen LogP contribution in [0.5, 0.6) is 6.01 Å². The maximum atomic E-state index is 17.2. The van der Waals surface area contributed by atoms with E-state index in [4.69, 9.17) is 25.9 Å². The molecule has 7 fully saturated rings. The van der Waals surface area contributed by atoms with E-state index in [9.17, 15) is 19.2 Å². The molecule has 2 bridgehead atoms. The summed E-state index contributed by atoms with van der Waals surface area (Å²) < 4.78 is 48.2. The number of aromatic nitrogens is 5. The van der Waals surface area contributed by atoms with Gasteiger partial charge in [0.25, 0.3) is 0 Å². The summed E-state index contributed by atoms with van der Waals surface area (Å²) in [4.78, 5) is 77.6. The van der Waals surface area contributed by atoms with Crippen molar-refractivity contribution in [1.29, 1.82) is 0 Å². The van der Waals surface area contributed by atoms with Crippen molar-refractivity contribution in [3.63, 3.8) is 0 Å². The zero-order valence-electron chi connectivity index (χ0n) is 43.9. The zero-order valence-corrected chi connectivity index (χ0v) is 43.9. The second kappa shape index (κ2) is 20.3. The van der Waals surface area contributed by atoms with Gasteiger partial charge in [-0.2, -0.15) is 9.97 Å². The van der Waals surface area contributed by atoms with Crippen molar-refractivity contribution in [3.8, 4) is 29.6 Å². The van der Waals surface area contributed by atoms with E-state index in [1.807, 2.05) is 29.2 Å². The van der Waals surface area contributed by atoms with Crippen molar-refractivity contribution in [1.82, 2.24) is 54.3 Å². The first-order valence-electron chi connectivity index (χ1n) is 27.8. The molecule has 5 atom stereocenters. The zero-order chi connectivity index (χ0) is 53.4. The lowest BCUT2D eigenvalue weighted by molar-refractivity contribution is -0.135. The molecule has 10 heterocycles. The highest BCUT2D eigenvalue weighted by Crippen LogP contribution is 2.44. The number of imidazole rings is 1. The van der Waals surface area contributed by atoms with Crippen molar-refractivity contribution >= 4 is 56.4 Å². The molecule has 2 N–H and O–H groups in total. The molecule has 7 aliphatic rings. The van der Waals surface area contributed by atoms with Gasteiger partial charge in [-0.25, -0.2) is 18.4 Å². The highest BCUT2D eigenvalue weighted by Gasteiger charge is 2.50. The summed E-state index contributed by atoms with van der Waals surface area (Å²) in [6, 6.07) is 14.5. The number of halogens is 2. The predicted octanol–water partition coefficient (Wildman–Crippen LogP) is 5.47. The molecular weight excluding hydrogens is 999 g/mol. The average molecular weight is 1060 g/mol. The van der Waals surface area contributed by atoms with Crippen LogP contribution in [0.15, 0.2) is 59.5 Å². The Morgan fingerprint density at radius 1 is 0.897 bits per heavy atom. The molecule has 3 amide bonds. The number of anilines is 1. The number of imide groups is 1. The van der Waals surface area contributed by atoms with E-state index in [0.717, 1.165) is 95.2 Å². The summed E-state index contributed by atoms with van der Waals surface area (Å²) in [6.07, 6.45) is 15.3. The second-order valence-electron chi connectivity index (χ2n) is 22.6. The maximum absolute atomic E-state index is 17.2. The molecule has 78 heavy (non-hydrogen) atoms. The third kappa shape index (κ3) is 8.92. The number of pyridine rings is 1. The minimum atomic E-state index is -0.723. The largest absolute Gasteiger partial charge is 0.461 e. The summed E-state index contributed by atoms with van der Waals surface area (Å²) in [5, 5.41) is 7.62. The Balaban J connectivity index is 0.634. The van der Waals surface area contributed by atoms with Crippen LogP contribution < -0.4 is 26.0 Å². The number of carbonyl (C=O) groups excluding carboxylic acids is 3. The number of terminal acetylenes is 1. The minimum absolute atomic E-state index is 0.0147. The van der Waals surface area contributed by atoms with E-state index in [-0.39, 0.29) is 77.2 Å². The monoisotopic (exact) mass is 1060 g/mol. The molecule has 0 saturated carbocycles. The number of benzene rings is 3. The van der Waals surface area contributed by atoms with Crippen molar-refractivity contribution in [2.45, 2.75) is 107 Å². The van der Waals surface area contributed by atoms with Gasteiger partial charge in [0, 0.05) is 101 Å². The van der Waals surface area contributed by atoms with Crippen LogP contribution >= 0.6 is 0 Å². The number of hydrogen-bond donors (Lipinski definition) is 2. The molecule has 7 saturated heterocycles. The van der Waals surface area contributed by atoms with Crippen LogP contribution in [0.3, 0.4) is 0 Å². The Labute approximate surface area is 450 Å². The van der Waals surface area contributed by atoms with Crippen molar-refractivity contribution < 1.29 is 32.6 Å². The Morgan fingerprint density at radius 3 is 2.47 bits per heavy atom. The van der Waals surface area contributed by atoms with Crippen molar-refractivity contribution in [3.05, 3.63) is 88.0 Å². The number of ether oxygens (including phenoxy) is 2. The van der Waals surface area contributed by atoms with Crippen LogP contribution in [0, 0.1) is 24.0 Å². The van der Waals surface area contributed by atoms with E-state index in [2.05, 4.69) is 41.1 Å². The van der Waals surface area contributed by atoms with Crippen molar-refractivity contribution in [2.24, 2.45) is 7.05 Å². The number of amides is 3. The topological polar surface area (TPSA) is 176 Å². The minimum Gasteiger partial charge on any atom is -0.461 e. The van der Waals surface area contributed by atoms with Gasteiger partial charge in [-0.1, -0.05) is 42.3 Å². The number of para-hydroxylation sites is 1. The number of likely N-dealkylation sites (tertiary alicyclic amines) is 1. The Bertz CT molecular complexity index is 3480. The number of rotatable bonds is 11. The lowest BCUT2D eigenvalue weighted by Gasteiger charge is -2.42. The summed E-state index contributed by atoms with van der Waals surface area (Å²) in [7, 11) is 1.74. The molecule has 13 rings (SSSR count). The molecule has 0 aliphatic carbocycles. The number of aryl methyl sites for hydroxylation is 1. The molecule has 0 radical (unpaired) electrons. The molecule has 7 aliphatic heterocycles. The van der Waals surface area contributed by atoms with Gasteiger partial charge < -0.3 is 24.6 Å². The fourth-order valence-corrected chi connectivity index (χ4v) is 14.3. The fraction of sp³-hybridized carbons (Fsp3) is 0.500. The number of carbonyl (C=O) groups is 3. The first kappa shape index (κ1) is 50.5. The Kier molecular flexibility index (Phi) is 13.1. The van der Waals surface area contributed by atoms with Crippen LogP contribution in [0.1, 0.15) is 81.4 Å². The van der Waals surface area contributed by atoms with Crippen LogP contribution in [0.4, 0.5) is 19.4 Å². The van der Waals surface area contributed by atoms with Gasteiger partial charge in [0.05, 0.1) is 27.5 Å². The first-order valence-corrected chi connectivity index (χ1v) is 27.8. The van der Waals surface area contributed by atoms with Gasteiger partial charge in [-0.05, 0) is 101 Å². The Hall–Kier alpha value is -7.05. The van der Waals surface area contributed by atoms with E-state index < -0.39 is 23.6 Å². The van der Waals surface area contributed by atoms with Crippen LogP contribution in [-0.2, 0) is 27.9 Å². The first-order chi connectivity index (χ1) is 37.9. The third-order valence-corrected chi connectivity index (χ3v) is 18.2. The summed E-state index contributed by atoms with van der Waals surface area (Å²) in [5.41, 5.74) is 2.46. The lowest BCUT2D eigenvalue weighted by Crippen LogP contribution is -2.54. The highest BCUT2D eigenvalue weighted by molar-refractivity contribution is 6.02. The summed E-state index contributed by atoms with van der Waals surface area (Å²) >= 11 is 0. The van der Waals surface area contributed by atoms with E-state index in [0.29, 0.717) is 84.9 Å². The standard InChI is InChI=1S/C58H64F2N12O6/c1-3-41-44(59)14-11-35-7-4-9-42(48(35)41)50-49(60)51-43(29-61-50)53(70-31-37-12-13-38(32-70)62-37)65-55(64-51)78-34-58-20-6-22-71(58)40(17-21-58)33-77-57(76)69-27-25-68(26-28-69)39-18-23-67(24-19-39)30-36-8-5-10-45-52(36)66(2)56(75)72(45)46-15-16-47(73)63-54(46)74/h1,4-5,7-11,14,29,37-40,46,62H,6,12-13,15-28,30-34H2,2H3,(H,63,73,74)/t37?,38?,40-,46?,58-/m0/s1. The molecule has 0 spiro atoms. The number of nitrogens with zero attached hydrogens (tertiary/aromatic N) is 10. The molecule has 6 aromatic rings. The third-order valence-electron chi connectivity index (χ3n) is 18.2. The van der Waals surface area contributed by atoms with Gasteiger partial charge in [0.15, 0.2) is 5.82 Å². The Morgan fingerprint density at radius 2 is 1.69 bits per heavy atom. The molecule has 3 unspecified atom stereocenters. The number of nitrogens with one attached hydrogen (secondary N) is 2. The normalized spacial score (nSPS) is 25.3. The van der Waals surface area contributed by atoms with Crippen LogP contribution in [0.2, 0.25) is 0 Å². The maximum Gasteiger partial charge on any atom is 0.409 e. The highest BCUT2D eigenvalue weighted by atomic mass is 19.1. The molecule has 20 heteroatoms. The van der Waals surface area contributed by atoms with Gasteiger partial charge in [0.2, 0.25) is 11.8 Å².